The van der Waals surface area contributed by atoms with Crippen LogP contribution in [-0.4, -0.2) is 38.0 Å². The van der Waals surface area contributed by atoms with Crippen LogP contribution in [0.5, 0.6) is 0 Å². The first-order valence-corrected chi connectivity index (χ1v) is 7.71. The lowest BCUT2D eigenvalue weighted by Gasteiger charge is -2.28. The summed E-state index contributed by atoms with van der Waals surface area (Å²) in [6.07, 6.45) is -0.426. The Hall–Kier alpha value is -2.49. The van der Waals surface area contributed by atoms with Gasteiger partial charge in [0.1, 0.15) is 0 Å². The molecule has 25 heavy (non-hydrogen) atoms. The second-order valence-corrected chi connectivity index (χ2v) is 6.30. The van der Waals surface area contributed by atoms with E-state index >= 15 is 0 Å². The molecule has 0 saturated heterocycles. The van der Waals surface area contributed by atoms with Gasteiger partial charge in [-0.05, 0) is 37.8 Å². The monoisotopic (exact) mass is 354 g/mol. The van der Waals surface area contributed by atoms with Crippen molar-refractivity contribution in [1.82, 2.24) is 25.3 Å². The Kier molecular flexibility index (Phi) is 4.23. The molecule has 2 aromatic rings. The van der Waals surface area contributed by atoms with Crippen LogP contribution in [0, 0.1) is 5.92 Å². The summed E-state index contributed by atoms with van der Waals surface area (Å²) in [5.74, 6) is 0.0365. The first-order chi connectivity index (χ1) is 11.7. The van der Waals surface area contributed by atoms with Gasteiger partial charge in [-0.2, -0.15) is 13.2 Å². The number of alkyl halides is 3. The number of hydrogen-bond donors (Lipinski definition) is 2. The Morgan fingerprint density at radius 1 is 1.40 bits per heavy atom. The van der Waals surface area contributed by atoms with Crippen molar-refractivity contribution in [3.8, 4) is 5.82 Å². The van der Waals surface area contributed by atoms with Crippen molar-refractivity contribution in [2.45, 2.75) is 31.5 Å². The summed E-state index contributed by atoms with van der Waals surface area (Å²) in [6, 6.07) is 2.05. The van der Waals surface area contributed by atoms with Crippen LogP contribution in [0.3, 0.4) is 0 Å². The van der Waals surface area contributed by atoms with Gasteiger partial charge in [0.15, 0.2) is 11.5 Å². The van der Waals surface area contributed by atoms with Crippen LogP contribution < -0.4 is 11.1 Å². The Morgan fingerprint density at radius 2 is 2.12 bits per heavy atom. The van der Waals surface area contributed by atoms with Crippen molar-refractivity contribution < 1.29 is 18.0 Å². The molecule has 3 N–H and O–H groups in total. The molecule has 1 unspecified atom stereocenters. The van der Waals surface area contributed by atoms with Gasteiger partial charge in [-0.1, -0.05) is 5.21 Å². The van der Waals surface area contributed by atoms with Gasteiger partial charge in [0.05, 0.1) is 17.3 Å². The minimum Gasteiger partial charge on any atom is -0.344 e. The van der Waals surface area contributed by atoms with Gasteiger partial charge in [0.25, 0.3) is 5.91 Å². The molecule has 0 spiro atoms. The van der Waals surface area contributed by atoms with Crippen molar-refractivity contribution in [3.63, 3.8) is 0 Å². The maximum atomic E-state index is 12.6. The molecule has 1 aliphatic carbocycles. The first kappa shape index (κ1) is 17.3. The third-order valence-corrected chi connectivity index (χ3v) is 4.34. The lowest BCUT2D eigenvalue weighted by molar-refractivity contribution is -0.137. The van der Waals surface area contributed by atoms with Crippen molar-refractivity contribution in [2.75, 3.05) is 6.54 Å². The summed E-state index contributed by atoms with van der Waals surface area (Å²) in [4.78, 5) is 16.0. The fourth-order valence-electron chi connectivity index (χ4n) is 2.53. The Labute approximate surface area is 141 Å². The average Bonchev–Trinajstić information content (AvgIpc) is 3.32. The van der Waals surface area contributed by atoms with Crippen LogP contribution in [0.15, 0.2) is 24.5 Å². The van der Waals surface area contributed by atoms with E-state index in [1.165, 1.54) is 6.20 Å². The molecule has 134 valence electrons. The average molecular weight is 354 g/mol. The fourth-order valence-corrected chi connectivity index (χ4v) is 2.53. The van der Waals surface area contributed by atoms with Crippen LogP contribution in [0.4, 0.5) is 13.2 Å². The van der Waals surface area contributed by atoms with Crippen molar-refractivity contribution in [1.29, 1.82) is 0 Å². The van der Waals surface area contributed by atoms with Gasteiger partial charge >= 0.3 is 6.18 Å². The molecule has 1 atom stereocenters. The van der Waals surface area contributed by atoms with E-state index in [4.69, 9.17) is 5.73 Å². The number of nitrogens with one attached hydrogen (secondary N) is 1. The highest BCUT2D eigenvalue weighted by Gasteiger charge is 2.42. The zero-order chi connectivity index (χ0) is 18.2. The van der Waals surface area contributed by atoms with Crippen LogP contribution in [0.1, 0.15) is 35.8 Å². The molecule has 0 bridgehead atoms. The summed E-state index contributed by atoms with van der Waals surface area (Å²) in [6.45, 7) is 2.18. The lowest BCUT2D eigenvalue weighted by Crippen LogP contribution is -2.53. The van der Waals surface area contributed by atoms with Gasteiger partial charge in [-0.25, -0.2) is 9.67 Å². The number of halogens is 3. The van der Waals surface area contributed by atoms with Crippen LogP contribution in [-0.2, 0) is 6.18 Å². The molecular formula is C15H17F3N6O. The number of carbonyl (C=O) groups excluding carboxylic acids is 1. The SMILES string of the molecule is CC(CN)(NC(=O)c1cn(-c2ccc(C(F)(F)F)cn2)nn1)C1CC1. The highest BCUT2D eigenvalue weighted by atomic mass is 19.4. The summed E-state index contributed by atoms with van der Waals surface area (Å²) in [5, 5.41) is 10.4. The van der Waals surface area contributed by atoms with E-state index in [9.17, 15) is 18.0 Å². The summed E-state index contributed by atoms with van der Waals surface area (Å²) in [5.41, 5.74) is 4.44. The smallest absolute Gasteiger partial charge is 0.344 e. The number of nitrogens with two attached hydrogens (primary N) is 1. The normalized spacial score (nSPS) is 17.2. The zero-order valence-corrected chi connectivity index (χ0v) is 13.4. The molecule has 7 nitrogen and oxygen atoms in total. The number of pyridine rings is 1. The molecular weight excluding hydrogens is 337 g/mol. The highest BCUT2D eigenvalue weighted by molar-refractivity contribution is 5.92. The molecule has 1 aliphatic rings. The van der Waals surface area contributed by atoms with E-state index in [0.717, 1.165) is 29.7 Å². The summed E-state index contributed by atoms with van der Waals surface area (Å²) in [7, 11) is 0. The third-order valence-electron chi connectivity index (χ3n) is 4.34. The zero-order valence-electron chi connectivity index (χ0n) is 13.4. The van der Waals surface area contributed by atoms with Gasteiger partial charge in [-0.15, -0.1) is 5.10 Å². The number of amides is 1. The number of aromatic nitrogens is 4. The lowest BCUT2D eigenvalue weighted by atomic mass is 9.96. The minimum atomic E-state index is -4.46. The predicted molar refractivity (Wildman–Crippen MR) is 81.8 cm³/mol. The van der Waals surface area contributed by atoms with E-state index in [2.05, 4.69) is 20.6 Å². The van der Waals surface area contributed by atoms with E-state index in [1.807, 2.05) is 6.92 Å². The molecule has 2 aromatic heterocycles. The predicted octanol–water partition coefficient (Wildman–Crippen LogP) is 1.54. The molecule has 3 rings (SSSR count). The highest BCUT2D eigenvalue weighted by Crippen LogP contribution is 2.39. The number of hydrogen-bond acceptors (Lipinski definition) is 5. The third kappa shape index (κ3) is 3.63. The molecule has 10 heteroatoms. The van der Waals surface area contributed by atoms with E-state index in [1.54, 1.807) is 0 Å². The first-order valence-electron chi connectivity index (χ1n) is 7.71. The quantitative estimate of drug-likeness (QED) is 0.849. The van der Waals surface area contributed by atoms with Gasteiger partial charge in [0.2, 0.25) is 0 Å². The standard InChI is InChI=1S/C15H17F3N6O/c1-14(8-19,9-2-3-9)21-13(25)11-7-24(23-22-11)12-5-4-10(6-20-12)15(16,17)18/h4-7,9H,2-3,8,19H2,1H3,(H,21,25). The van der Waals surface area contributed by atoms with Crippen molar-refractivity contribution >= 4 is 5.91 Å². The Morgan fingerprint density at radius 3 is 2.64 bits per heavy atom. The van der Waals surface area contributed by atoms with E-state index in [0.29, 0.717) is 18.7 Å². The van der Waals surface area contributed by atoms with Crippen LogP contribution >= 0.6 is 0 Å². The minimum absolute atomic E-state index is 0.0435. The van der Waals surface area contributed by atoms with E-state index < -0.39 is 23.2 Å². The topological polar surface area (TPSA) is 98.7 Å². The summed E-state index contributed by atoms with van der Waals surface area (Å²) >= 11 is 0. The van der Waals surface area contributed by atoms with Gasteiger partial charge in [-0.3, -0.25) is 4.79 Å². The summed E-state index contributed by atoms with van der Waals surface area (Å²) < 4.78 is 38.8. The maximum absolute atomic E-state index is 12.6. The number of carbonyl (C=O) groups is 1. The number of rotatable bonds is 5. The molecule has 1 amide bonds. The molecule has 0 aliphatic heterocycles. The Bertz CT molecular complexity index is 768. The van der Waals surface area contributed by atoms with Crippen molar-refractivity contribution in [2.24, 2.45) is 11.7 Å². The van der Waals surface area contributed by atoms with Crippen LogP contribution in [0.25, 0.3) is 5.82 Å². The van der Waals surface area contributed by atoms with Crippen LogP contribution in [0.2, 0.25) is 0 Å². The fraction of sp³-hybridized carbons (Fsp3) is 0.467. The second-order valence-electron chi connectivity index (χ2n) is 6.30. The Balaban J connectivity index is 1.74. The van der Waals surface area contributed by atoms with Gasteiger partial charge < -0.3 is 11.1 Å². The van der Waals surface area contributed by atoms with E-state index in [-0.39, 0.29) is 11.5 Å². The van der Waals surface area contributed by atoms with Crippen molar-refractivity contribution in [3.05, 3.63) is 35.8 Å². The molecule has 2 heterocycles. The largest absolute Gasteiger partial charge is 0.417 e. The molecule has 1 fully saturated rings. The van der Waals surface area contributed by atoms with Gasteiger partial charge in [0, 0.05) is 12.7 Å². The number of nitrogens with zero attached hydrogens (tertiary/aromatic N) is 4. The molecule has 0 aromatic carbocycles. The maximum Gasteiger partial charge on any atom is 0.417 e. The second kappa shape index (κ2) is 6.10. The molecule has 1 saturated carbocycles. The molecule has 0 radical (unpaired) electrons.